The number of anilines is 1. The van der Waals surface area contributed by atoms with E-state index in [4.69, 9.17) is 14.2 Å². The summed E-state index contributed by atoms with van der Waals surface area (Å²) in [6, 6.07) is 29.1. The number of H-pyrrole nitrogens is 1. The number of carbonyl (C=O) groups is 4. The Kier molecular flexibility index (Phi) is 15.5. The first-order chi connectivity index (χ1) is 36.5. The van der Waals surface area contributed by atoms with Crippen molar-refractivity contribution in [3.63, 3.8) is 0 Å². The van der Waals surface area contributed by atoms with Crippen LogP contribution in [-0.4, -0.2) is 114 Å². The lowest BCUT2D eigenvalue weighted by Gasteiger charge is -2.27. The molecular formula is C56H62N10O9S. The zero-order valence-corrected chi connectivity index (χ0v) is 44.2. The number of aryl methyl sites for hydroxylation is 1. The molecule has 20 heteroatoms. The highest BCUT2D eigenvalue weighted by Crippen LogP contribution is 2.37. The highest BCUT2D eigenvalue weighted by atomic mass is 32.2. The van der Waals surface area contributed by atoms with Crippen LogP contribution in [0.1, 0.15) is 75.8 Å². The lowest BCUT2D eigenvalue weighted by Crippen LogP contribution is -2.43. The van der Waals surface area contributed by atoms with E-state index in [1.165, 1.54) is 35.5 Å². The van der Waals surface area contributed by atoms with E-state index in [0.29, 0.717) is 38.6 Å². The number of aromatic nitrogens is 7. The zero-order valence-electron chi connectivity index (χ0n) is 43.4. The Morgan fingerprint density at radius 3 is 2.00 bits per heavy atom. The van der Waals surface area contributed by atoms with Gasteiger partial charge in [0.25, 0.3) is 10.0 Å². The lowest BCUT2D eigenvalue weighted by molar-refractivity contribution is -0.122. The van der Waals surface area contributed by atoms with Crippen molar-refractivity contribution in [1.29, 1.82) is 0 Å². The van der Waals surface area contributed by atoms with Gasteiger partial charge in [-0.25, -0.2) is 46.7 Å². The van der Waals surface area contributed by atoms with Crippen molar-refractivity contribution in [3.05, 3.63) is 150 Å². The number of nitrogens with one attached hydrogen (secondary N) is 1. The van der Waals surface area contributed by atoms with E-state index in [-0.39, 0.29) is 65.3 Å². The van der Waals surface area contributed by atoms with Gasteiger partial charge in [-0.05, 0) is 74.9 Å². The van der Waals surface area contributed by atoms with Gasteiger partial charge in [-0.3, -0.25) is 14.1 Å². The van der Waals surface area contributed by atoms with Crippen molar-refractivity contribution in [1.82, 2.24) is 43.1 Å². The van der Waals surface area contributed by atoms with Gasteiger partial charge >= 0.3 is 18.3 Å². The Balaban J connectivity index is 0.000000207. The second-order valence-electron chi connectivity index (χ2n) is 20.2. The number of fused-ring (bicyclic) bond motifs is 4. The van der Waals surface area contributed by atoms with Crippen molar-refractivity contribution < 1.29 is 41.8 Å². The Bertz CT molecular complexity index is 3470. The van der Waals surface area contributed by atoms with Crippen molar-refractivity contribution in [2.24, 2.45) is 17.8 Å². The minimum atomic E-state index is -3.97. The number of hydrogen-bond donors (Lipinski definition) is 1. The summed E-state index contributed by atoms with van der Waals surface area (Å²) in [5, 5.41) is 0. The van der Waals surface area contributed by atoms with Crippen molar-refractivity contribution in [2.45, 2.75) is 84.0 Å². The molecule has 76 heavy (non-hydrogen) atoms. The van der Waals surface area contributed by atoms with Crippen LogP contribution in [0.3, 0.4) is 0 Å². The van der Waals surface area contributed by atoms with Gasteiger partial charge in [-0.1, -0.05) is 105 Å². The second-order valence-corrected chi connectivity index (χ2v) is 22.0. The first kappa shape index (κ1) is 52.7. The van der Waals surface area contributed by atoms with Crippen LogP contribution >= 0.6 is 0 Å². The fourth-order valence-electron chi connectivity index (χ4n) is 9.80. The molecule has 3 amide bonds. The third kappa shape index (κ3) is 11.6. The predicted molar refractivity (Wildman–Crippen MR) is 285 cm³/mol. The summed E-state index contributed by atoms with van der Waals surface area (Å²) in [6.07, 6.45) is 8.26. The van der Waals surface area contributed by atoms with E-state index >= 15 is 0 Å². The molecule has 2 saturated heterocycles. The van der Waals surface area contributed by atoms with Gasteiger partial charge in [0.15, 0.2) is 28.5 Å². The SMILES string of the molecule is CC[C@@H]1CN(C(=O)OCc2ccccc2)C[C@@H]1C(=O)CN(C(=O)OC(C)(C)C)c1cnc2c(ccn2S(=O)(=O)c2ccc(C)cc2)n1.CC[C@@H]1CN(C(=O)OCc2ccccc2)C[C@@H]1c1cnc2cnc3[nH]ccc3n12. The van der Waals surface area contributed by atoms with Crippen molar-refractivity contribution >= 4 is 67.9 Å². The standard InChI is InChI=1S/C34H39N5O7S.C22H23N5O2/c1-6-25-19-37(32(41)45-22-24-10-8-7-9-11-24)20-27(25)29(40)21-38(33(42)46-34(3,4)5)30-18-35-31-28(36-30)16-17-39(31)47(43,44)26-14-12-23(2)13-15-26;1-2-16-12-26(22(28)29-14-15-6-4-3-5-7-15)13-17(16)19-10-24-20-11-25-21-18(27(19)20)8-9-23-21/h7-18,25,27H,6,19-22H2,1-5H3;3-11,16-17,23H,2,12-14H2,1H3/t25-,27+;16-,17+/m11/s1. The number of imidazole rings is 1. The van der Waals surface area contributed by atoms with Crippen LogP contribution in [0.2, 0.25) is 0 Å². The third-order valence-corrected chi connectivity index (χ3v) is 15.5. The van der Waals surface area contributed by atoms with Crippen molar-refractivity contribution in [3.8, 4) is 0 Å². The number of aromatic amines is 1. The summed E-state index contributed by atoms with van der Waals surface area (Å²) in [5.74, 6) is -0.368. The number of likely N-dealkylation sites (tertiary alicyclic amines) is 2. The highest BCUT2D eigenvalue weighted by Gasteiger charge is 2.41. The quantitative estimate of drug-likeness (QED) is 0.107. The summed E-state index contributed by atoms with van der Waals surface area (Å²) in [6.45, 7) is 13.0. The molecule has 10 rings (SSSR count). The second kappa shape index (κ2) is 22.4. The van der Waals surface area contributed by atoms with Crippen molar-refractivity contribution in [2.75, 3.05) is 37.6 Å². The summed E-state index contributed by atoms with van der Waals surface area (Å²) >= 11 is 0. The van der Waals surface area contributed by atoms with Gasteiger partial charge in [0, 0.05) is 62.3 Å². The van der Waals surface area contributed by atoms with E-state index in [2.05, 4.69) is 36.2 Å². The highest BCUT2D eigenvalue weighted by molar-refractivity contribution is 7.90. The predicted octanol–water partition coefficient (Wildman–Crippen LogP) is 9.55. The summed E-state index contributed by atoms with van der Waals surface area (Å²) < 4.78 is 46.6. The minimum absolute atomic E-state index is 0.0238. The molecule has 3 aromatic carbocycles. The first-order valence-corrected chi connectivity index (χ1v) is 26.9. The molecule has 0 aliphatic carbocycles. The number of nitrogens with zero attached hydrogens (tertiary/aromatic N) is 9. The summed E-state index contributed by atoms with van der Waals surface area (Å²) in [7, 11) is -3.97. The fraction of sp³-hybridized carbons (Fsp3) is 0.357. The third-order valence-electron chi connectivity index (χ3n) is 13.8. The molecule has 0 radical (unpaired) electrons. The van der Waals surface area contributed by atoms with Crippen LogP contribution in [-0.2, 0) is 42.2 Å². The fourth-order valence-corrected chi connectivity index (χ4v) is 11.1. The summed E-state index contributed by atoms with van der Waals surface area (Å²) in [5.41, 5.74) is 5.96. The Morgan fingerprint density at radius 1 is 0.737 bits per heavy atom. The number of hydrogen-bond acceptors (Lipinski definition) is 13. The van der Waals surface area contributed by atoms with Gasteiger partial charge < -0.3 is 29.0 Å². The van der Waals surface area contributed by atoms with Gasteiger partial charge in [0.05, 0.1) is 29.4 Å². The molecule has 7 heterocycles. The monoisotopic (exact) mass is 1050 g/mol. The molecule has 5 aromatic heterocycles. The number of amides is 3. The maximum atomic E-state index is 13.8. The average Bonchev–Trinajstić information content (AvgIpc) is 4.28. The topological polar surface area (TPSA) is 217 Å². The summed E-state index contributed by atoms with van der Waals surface area (Å²) in [4.78, 5) is 78.5. The molecule has 1 N–H and O–H groups in total. The Morgan fingerprint density at radius 2 is 1.37 bits per heavy atom. The number of ether oxygens (including phenoxy) is 3. The van der Waals surface area contributed by atoms with E-state index in [0.717, 1.165) is 54.5 Å². The number of carbonyl (C=O) groups excluding carboxylic acids is 4. The minimum Gasteiger partial charge on any atom is -0.445 e. The zero-order chi connectivity index (χ0) is 53.7. The van der Waals surface area contributed by atoms with Crippen LogP contribution in [0.25, 0.3) is 28.0 Å². The molecule has 0 saturated carbocycles. The number of Topliss-reactive ketones (excluding diaryl/α,β-unsaturated/α-hetero) is 1. The molecule has 0 bridgehead atoms. The normalized spacial score (nSPS) is 17.7. The van der Waals surface area contributed by atoms with Gasteiger partial charge in [-0.2, -0.15) is 0 Å². The largest absolute Gasteiger partial charge is 0.445 e. The smallest absolute Gasteiger partial charge is 0.416 e. The average molecular weight is 1050 g/mol. The molecule has 8 aromatic rings. The van der Waals surface area contributed by atoms with Gasteiger partial charge in [0.2, 0.25) is 0 Å². The Labute approximate surface area is 440 Å². The van der Waals surface area contributed by atoms with Crippen LogP contribution in [0.5, 0.6) is 0 Å². The molecule has 4 atom stereocenters. The number of benzene rings is 3. The lowest BCUT2D eigenvalue weighted by atomic mass is 9.90. The molecule has 2 aliphatic rings. The maximum Gasteiger partial charge on any atom is 0.416 e. The van der Waals surface area contributed by atoms with E-state index in [1.54, 1.807) is 39.1 Å². The van der Waals surface area contributed by atoms with Crippen LogP contribution in [0.15, 0.2) is 133 Å². The molecule has 0 unspecified atom stereocenters. The van der Waals surface area contributed by atoms with Crippen LogP contribution in [0.4, 0.5) is 20.2 Å². The number of rotatable bonds is 13. The number of ketones is 1. The van der Waals surface area contributed by atoms with Gasteiger partial charge in [0.1, 0.15) is 24.3 Å². The van der Waals surface area contributed by atoms with E-state index in [1.807, 2.05) is 97.9 Å². The van der Waals surface area contributed by atoms with E-state index < -0.39 is 33.7 Å². The van der Waals surface area contributed by atoms with Gasteiger partial charge in [-0.15, -0.1) is 0 Å². The van der Waals surface area contributed by atoms with Crippen LogP contribution < -0.4 is 4.90 Å². The molecule has 19 nitrogen and oxygen atoms in total. The molecular weight excluding hydrogens is 989 g/mol. The molecule has 396 valence electrons. The first-order valence-electron chi connectivity index (χ1n) is 25.4. The molecule has 2 fully saturated rings. The molecule has 2 aliphatic heterocycles. The maximum absolute atomic E-state index is 13.8. The molecule has 0 spiro atoms. The Hall–Kier alpha value is -8.13. The van der Waals surface area contributed by atoms with E-state index in [9.17, 15) is 27.6 Å². The van der Waals surface area contributed by atoms with Crippen LogP contribution in [0, 0.1) is 24.7 Å².